The summed E-state index contributed by atoms with van der Waals surface area (Å²) in [5.74, 6) is -1.22. The minimum absolute atomic E-state index is 0.154. The van der Waals surface area contributed by atoms with Gasteiger partial charge in [-0.15, -0.1) is 0 Å². The molecule has 1 aliphatic heterocycles. The summed E-state index contributed by atoms with van der Waals surface area (Å²) in [6, 6.07) is 9.79. The molecule has 2 aliphatic rings. The van der Waals surface area contributed by atoms with E-state index < -0.39 is 23.0 Å². The number of fused-ring (bicyclic) bond motifs is 1. The largest absolute Gasteiger partial charge is 0.497 e. The van der Waals surface area contributed by atoms with Crippen LogP contribution >= 0.6 is 11.6 Å². The Kier molecular flexibility index (Phi) is 6.88. The fourth-order valence-corrected chi connectivity index (χ4v) is 6.16. The molecule has 36 heavy (non-hydrogen) atoms. The normalized spacial score (nSPS) is 24.1. The van der Waals surface area contributed by atoms with Gasteiger partial charge in [0, 0.05) is 29.7 Å². The summed E-state index contributed by atoms with van der Waals surface area (Å²) in [6.45, 7) is 1.14. The minimum atomic E-state index is -0.832. The lowest BCUT2D eigenvalue weighted by atomic mass is 9.74. The van der Waals surface area contributed by atoms with Gasteiger partial charge in [-0.05, 0) is 86.9 Å². The lowest BCUT2D eigenvalue weighted by Gasteiger charge is -2.42. The van der Waals surface area contributed by atoms with E-state index in [1.54, 1.807) is 13.3 Å². The first-order valence-electron chi connectivity index (χ1n) is 12.3. The van der Waals surface area contributed by atoms with Crippen molar-refractivity contribution in [2.45, 2.75) is 50.5 Å². The van der Waals surface area contributed by atoms with Crippen LogP contribution in [0.3, 0.4) is 0 Å². The maximum Gasteiger partial charge on any atom is 0.310 e. The monoisotopic (exact) mass is 514 g/mol. The van der Waals surface area contributed by atoms with Crippen LogP contribution in [0.4, 0.5) is 8.78 Å². The molecule has 5 rings (SSSR count). The molecule has 0 bridgehead atoms. The predicted octanol–water partition coefficient (Wildman–Crippen LogP) is 6.22. The standard InChI is InChI=1S/C28H29ClF2N2O3/c1-36-19-7-8-25-21(14-19)20(22(29)15-32-25)4-3-9-28(27(34)35)10-11-33(16-28)18-12-17(13-18)26-23(30)5-2-6-24(26)31/h2,5-8,14-15,17-18H,3-4,9-13,16H2,1H3,(H,34,35). The van der Waals surface area contributed by atoms with Crippen LogP contribution < -0.4 is 4.74 Å². The van der Waals surface area contributed by atoms with Crippen LogP contribution in [-0.4, -0.2) is 47.2 Å². The maximum atomic E-state index is 14.2. The summed E-state index contributed by atoms with van der Waals surface area (Å²) in [5.41, 5.74) is 1.10. The van der Waals surface area contributed by atoms with Crippen LogP contribution in [0.15, 0.2) is 42.6 Å². The van der Waals surface area contributed by atoms with Gasteiger partial charge in [-0.2, -0.15) is 0 Å². The van der Waals surface area contributed by atoms with Gasteiger partial charge in [0.15, 0.2) is 0 Å². The highest BCUT2D eigenvalue weighted by Crippen LogP contribution is 2.46. The van der Waals surface area contributed by atoms with Gasteiger partial charge >= 0.3 is 5.97 Å². The molecule has 8 heteroatoms. The molecule has 1 saturated heterocycles. The van der Waals surface area contributed by atoms with Crippen molar-refractivity contribution in [3.8, 4) is 5.75 Å². The Morgan fingerprint density at radius 2 is 2.00 bits per heavy atom. The van der Waals surface area contributed by atoms with Crippen LogP contribution in [0.25, 0.3) is 10.9 Å². The van der Waals surface area contributed by atoms with Crippen molar-refractivity contribution in [3.05, 3.63) is 70.4 Å². The van der Waals surface area contributed by atoms with Gasteiger partial charge in [0.05, 0.1) is 23.1 Å². The van der Waals surface area contributed by atoms with E-state index in [0.717, 1.165) is 22.2 Å². The number of nitrogens with zero attached hydrogens (tertiary/aromatic N) is 2. The summed E-state index contributed by atoms with van der Waals surface area (Å²) in [5, 5.41) is 11.7. The number of rotatable bonds is 8. The molecule has 2 fully saturated rings. The third-order valence-corrected chi connectivity index (χ3v) is 8.42. The predicted molar refractivity (Wildman–Crippen MR) is 135 cm³/mol. The number of aromatic nitrogens is 1. The third-order valence-electron chi connectivity index (χ3n) is 8.09. The van der Waals surface area contributed by atoms with Crippen LogP contribution in [0.5, 0.6) is 5.75 Å². The van der Waals surface area contributed by atoms with Crippen molar-refractivity contribution in [2.75, 3.05) is 20.2 Å². The molecule has 1 aromatic heterocycles. The number of ether oxygens (including phenoxy) is 1. The number of halogens is 3. The number of methoxy groups -OCH3 is 1. The van der Waals surface area contributed by atoms with E-state index in [9.17, 15) is 18.7 Å². The van der Waals surface area contributed by atoms with Crippen molar-refractivity contribution in [2.24, 2.45) is 5.41 Å². The number of hydrogen-bond donors (Lipinski definition) is 1. The number of carboxylic acids is 1. The first kappa shape index (κ1) is 24.9. The fourth-order valence-electron chi connectivity index (χ4n) is 5.91. The molecule has 190 valence electrons. The lowest BCUT2D eigenvalue weighted by molar-refractivity contribution is -0.149. The van der Waals surface area contributed by atoms with Gasteiger partial charge in [-0.25, -0.2) is 8.78 Å². The second-order valence-electron chi connectivity index (χ2n) is 10.1. The molecule has 3 aromatic rings. The number of likely N-dealkylation sites (tertiary alicyclic amines) is 1. The Morgan fingerprint density at radius 3 is 2.69 bits per heavy atom. The van der Waals surface area contributed by atoms with Crippen LogP contribution in [0, 0.1) is 17.0 Å². The molecule has 0 radical (unpaired) electrons. The van der Waals surface area contributed by atoms with E-state index in [4.69, 9.17) is 16.3 Å². The quantitative estimate of drug-likeness (QED) is 0.386. The first-order valence-corrected chi connectivity index (χ1v) is 12.7. The van der Waals surface area contributed by atoms with Crippen molar-refractivity contribution in [1.29, 1.82) is 0 Å². The highest BCUT2D eigenvalue weighted by atomic mass is 35.5. The van der Waals surface area contributed by atoms with Gasteiger partial charge in [-0.1, -0.05) is 17.7 Å². The lowest BCUT2D eigenvalue weighted by Crippen LogP contribution is -2.45. The minimum Gasteiger partial charge on any atom is -0.497 e. The molecule has 5 nitrogen and oxygen atoms in total. The SMILES string of the molecule is COc1ccc2ncc(Cl)c(CCCC3(C(=O)O)CCN(C4CC(c5c(F)cccc5F)C4)C3)c2c1. The summed E-state index contributed by atoms with van der Waals surface area (Å²) in [4.78, 5) is 19.0. The summed E-state index contributed by atoms with van der Waals surface area (Å²) < 4.78 is 33.7. The van der Waals surface area contributed by atoms with Gasteiger partial charge in [0.25, 0.3) is 0 Å². The van der Waals surface area contributed by atoms with E-state index in [2.05, 4.69) is 9.88 Å². The zero-order valence-corrected chi connectivity index (χ0v) is 20.9. The number of carboxylic acid groups (broad SMARTS) is 1. The van der Waals surface area contributed by atoms with Crippen molar-refractivity contribution >= 4 is 28.5 Å². The van der Waals surface area contributed by atoms with Gasteiger partial charge in [0.2, 0.25) is 0 Å². The molecular formula is C28H29ClF2N2O3. The Balaban J connectivity index is 1.24. The Hall–Kier alpha value is -2.77. The van der Waals surface area contributed by atoms with E-state index in [-0.39, 0.29) is 17.5 Å². The van der Waals surface area contributed by atoms with E-state index >= 15 is 0 Å². The van der Waals surface area contributed by atoms with Crippen molar-refractivity contribution in [1.82, 2.24) is 9.88 Å². The van der Waals surface area contributed by atoms with Crippen molar-refractivity contribution in [3.63, 3.8) is 0 Å². The maximum absolute atomic E-state index is 14.2. The summed E-state index contributed by atoms with van der Waals surface area (Å²) in [6.07, 6.45) is 5.34. The fraction of sp³-hybridized carbons (Fsp3) is 0.429. The molecule has 0 amide bonds. The molecular weight excluding hydrogens is 486 g/mol. The zero-order chi connectivity index (χ0) is 25.4. The number of aliphatic carboxylic acids is 1. The average molecular weight is 515 g/mol. The second-order valence-corrected chi connectivity index (χ2v) is 10.5. The first-order chi connectivity index (χ1) is 17.3. The topological polar surface area (TPSA) is 62.7 Å². The number of carbonyl (C=O) groups is 1. The van der Waals surface area contributed by atoms with Gasteiger partial charge in [0.1, 0.15) is 17.4 Å². The number of benzene rings is 2. The molecule has 2 aromatic carbocycles. The smallest absolute Gasteiger partial charge is 0.310 e. The van der Waals surface area contributed by atoms with Crippen LogP contribution in [-0.2, 0) is 11.2 Å². The van der Waals surface area contributed by atoms with Gasteiger partial charge in [-0.3, -0.25) is 14.7 Å². The van der Waals surface area contributed by atoms with Gasteiger partial charge < -0.3 is 9.84 Å². The Labute approximate surface area is 214 Å². The number of aryl methyl sites for hydroxylation is 1. The van der Waals surface area contributed by atoms with Crippen LogP contribution in [0.1, 0.15) is 49.1 Å². The second kappa shape index (κ2) is 9.94. The summed E-state index contributed by atoms with van der Waals surface area (Å²) in [7, 11) is 1.61. The third kappa shape index (κ3) is 4.55. The van der Waals surface area contributed by atoms with Crippen molar-refractivity contribution < 1.29 is 23.4 Å². The van der Waals surface area contributed by atoms with E-state index in [1.807, 2.05) is 18.2 Å². The molecule has 1 saturated carbocycles. The molecule has 1 atom stereocenters. The van der Waals surface area contributed by atoms with E-state index in [1.165, 1.54) is 18.2 Å². The molecule has 1 aliphatic carbocycles. The molecule has 1 unspecified atom stereocenters. The molecule has 2 heterocycles. The Morgan fingerprint density at radius 1 is 1.25 bits per heavy atom. The number of pyridine rings is 1. The zero-order valence-electron chi connectivity index (χ0n) is 20.1. The highest BCUT2D eigenvalue weighted by molar-refractivity contribution is 6.32. The molecule has 1 N–H and O–H groups in total. The Bertz CT molecular complexity index is 1280. The summed E-state index contributed by atoms with van der Waals surface area (Å²) >= 11 is 6.49. The average Bonchev–Trinajstić information content (AvgIpc) is 3.26. The number of hydrogen-bond acceptors (Lipinski definition) is 4. The molecule has 0 spiro atoms. The highest BCUT2D eigenvalue weighted by Gasteiger charge is 2.48. The van der Waals surface area contributed by atoms with Crippen LogP contribution in [0.2, 0.25) is 5.02 Å². The van der Waals surface area contributed by atoms with E-state index in [0.29, 0.717) is 56.6 Å².